The van der Waals surface area contributed by atoms with E-state index < -0.39 is 0 Å². The summed E-state index contributed by atoms with van der Waals surface area (Å²) in [5.41, 5.74) is 3.78. The number of aromatic nitrogens is 1. The molecule has 0 unspecified atom stereocenters. The summed E-state index contributed by atoms with van der Waals surface area (Å²) in [7, 11) is 0. The van der Waals surface area contributed by atoms with Crippen LogP contribution in [0.1, 0.15) is 6.42 Å². The van der Waals surface area contributed by atoms with Crippen LogP contribution in [0.4, 0.5) is 0 Å². The average molecular weight is 213 g/mol. The van der Waals surface area contributed by atoms with Crippen LogP contribution < -0.4 is 11.0 Å². The molecule has 0 bridgehead atoms. The molecule has 1 N–H and O–H groups in total. The van der Waals surface area contributed by atoms with Crippen LogP contribution in [0.25, 0.3) is 10.9 Å². The van der Waals surface area contributed by atoms with Crippen molar-refractivity contribution in [2.45, 2.75) is 6.42 Å². The molecule has 1 aromatic carbocycles. The van der Waals surface area contributed by atoms with Gasteiger partial charge in [0.15, 0.2) is 0 Å². The van der Waals surface area contributed by atoms with Crippen LogP contribution in [-0.2, 0) is 0 Å². The quantitative estimate of drug-likeness (QED) is 0.713. The molecule has 0 fully saturated rings. The van der Waals surface area contributed by atoms with Crippen molar-refractivity contribution in [1.82, 2.24) is 9.99 Å². The Hall–Kier alpha value is -2.10. The number of nitrogens with one attached hydrogen (secondary N) is 1. The van der Waals surface area contributed by atoms with Crippen molar-refractivity contribution in [3.8, 4) is 0 Å². The standard InChI is InChI=1S/C12H11N3O/c16-12-6-5-9-3-1-2-4-10(9)15(12)11-7-8-13-14-11/h1-6,13H,7-8H2. The number of pyridine rings is 1. The van der Waals surface area contributed by atoms with Crippen molar-refractivity contribution < 1.29 is 0 Å². The van der Waals surface area contributed by atoms with Crippen LogP contribution >= 0.6 is 0 Å². The highest BCUT2D eigenvalue weighted by Gasteiger charge is 2.12. The van der Waals surface area contributed by atoms with E-state index in [0.717, 1.165) is 29.7 Å². The van der Waals surface area contributed by atoms with Gasteiger partial charge in [0.25, 0.3) is 5.56 Å². The first kappa shape index (κ1) is 9.15. The third-order valence-electron chi connectivity index (χ3n) is 2.73. The predicted molar refractivity (Wildman–Crippen MR) is 63.7 cm³/mol. The van der Waals surface area contributed by atoms with E-state index in [1.165, 1.54) is 0 Å². The minimum atomic E-state index is -0.0267. The van der Waals surface area contributed by atoms with Crippen LogP contribution in [0.15, 0.2) is 46.3 Å². The number of hydrogen-bond donors (Lipinski definition) is 1. The van der Waals surface area contributed by atoms with Gasteiger partial charge < -0.3 is 5.43 Å². The summed E-state index contributed by atoms with van der Waals surface area (Å²) in [6, 6.07) is 11.3. The second-order valence-electron chi connectivity index (χ2n) is 3.75. The molecule has 80 valence electrons. The molecule has 2 aromatic rings. The van der Waals surface area contributed by atoms with Gasteiger partial charge >= 0.3 is 0 Å². The molecule has 4 nitrogen and oxygen atoms in total. The summed E-state index contributed by atoms with van der Waals surface area (Å²) in [4.78, 5) is 11.9. The smallest absolute Gasteiger partial charge is 0.256 e. The highest BCUT2D eigenvalue weighted by atomic mass is 16.1. The van der Waals surface area contributed by atoms with E-state index in [-0.39, 0.29) is 5.56 Å². The first-order valence-electron chi connectivity index (χ1n) is 5.27. The summed E-state index contributed by atoms with van der Waals surface area (Å²) in [5, 5.41) is 5.20. The number of fused-ring (bicyclic) bond motifs is 1. The van der Waals surface area contributed by atoms with Gasteiger partial charge in [-0.25, -0.2) is 0 Å². The normalized spacial score (nSPS) is 14.9. The van der Waals surface area contributed by atoms with E-state index in [2.05, 4.69) is 10.5 Å². The fourth-order valence-corrected chi connectivity index (χ4v) is 1.99. The van der Waals surface area contributed by atoms with Gasteiger partial charge in [0.05, 0.1) is 5.52 Å². The largest absolute Gasteiger partial charge is 0.308 e. The monoisotopic (exact) mass is 213 g/mol. The van der Waals surface area contributed by atoms with Gasteiger partial charge in [0.1, 0.15) is 5.84 Å². The van der Waals surface area contributed by atoms with Crippen LogP contribution in [0.2, 0.25) is 0 Å². The van der Waals surface area contributed by atoms with Gasteiger partial charge in [-0.1, -0.05) is 18.2 Å². The van der Waals surface area contributed by atoms with Crippen molar-refractivity contribution >= 4 is 16.7 Å². The zero-order valence-electron chi connectivity index (χ0n) is 8.68. The number of nitrogens with zero attached hydrogens (tertiary/aromatic N) is 2. The molecule has 0 amide bonds. The van der Waals surface area contributed by atoms with E-state index in [9.17, 15) is 4.79 Å². The lowest BCUT2D eigenvalue weighted by atomic mass is 10.2. The summed E-state index contributed by atoms with van der Waals surface area (Å²) in [5.74, 6) is 0.793. The second kappa shape index (κ2) is 3.48. The Bertz CT molecular complexity index is 627. The molecule has 3 rings (SSSR count). The molecule has 16 heavy (non-hydrogen) atoms. The van der Waals surface area contributed by atoms with Crippen molar-refractivity contribution in [3.63, 3.8) is 0 Å². The summed E-state index contributed by atoms with van der Waals surface area (Å²) in [6.07, 6.45) is 0.786. The van der Waals surface area contributed by atoms with Crippen molar-refractivity contribution in [3.05, 3.63) is 46.8 Å². The highest BCUT2D eigenvalue weighted by molar-refractivity contribution is 5.94. The molecule has 0 atom stereocenters. The van der Waals surface area contributed by atoms with E-state index in [1.807, 2.05) is 30.3 Å². The van der Waals surface area contributed by atoms with E-state index in [1.54, 1.807) is 10.6 Å². The summed E-state index contributed by atoms with van der Waals surface area (Å²) < 4.78 is 1.68. The lowest BCUT2D eigenvalue weighted by Gasteiger charge is -2.08. The average Bonchev–Trinajstić information content (AvgIpc) is 2.82. The van der Waals surface area contributed by atoms with Crippen LogP contribution in [-0.4, -0.2) is 16.9 Å². The topological polar surface area (TPSA) is 46.4 Å². The molecule has 4 heteroatoms. The zero-order chi connectivity index (χ0) is 11.0. The highest BCUT2D eigenvalue weighted by Crippen LogP contribution is 2.12. The predicted octanol–water partition coefficient (Wildman–Crippen LogP) is 1.16. The molecule has 1 aromatic heterocycles. The molecule has 0 saturated carbocycles. The molecular formula is C12H11N3O. The Balaban J connectivity index is 2.37. The van der Waals surface area contributed by atoms with Gasteiger partial charge in [-0.2, -0.15) is 5.10 Å². The van der Waals surface area contributed by atoms with E-state index in [4.69, 9.17) is 0 Å². The van der Waals surface area contributed by atoms with Crippen LogP contribution in [0, 0.1) is 0 Å². The molecule has 0 saturated heterocycles. The first-order chi connectivity index (χ1) is 7.86. The molecule has 0 aliphatic carbocycles. The third-order valence-corrected chi connectivity index (χ3v) is 2.73. The minimum absolute atomic E-state index is 0.0267. The van der Waals surface area contributed by atoms with E-state index in [0.29, 0.717) is 0 Å². The Morgan fingerprint density at radius 1 is 1.19 bits per heavy atom. The molecule has 1 aliphatic heterocycles. The molecular weight excluding hydrogens is 202 g/mol. The lowest BCUT2D eigenvalue weighted by Crippen LogP contribution is -2.25. The SMILES string of the molecule is O=c1ccc2ccccc2n1C1=NNCC1. The Kier molecular flexibility index (Phi) is 1.99. The maximum Gasteiger partial charge on any atom is 0.256 e. The Labute approximate surface area is 92.2 Å². The maximum absolute atomic E-state index is 11.9. The Morgan fingerprint density at radius 3 is 2.88 bits per heavy atom. The number of hydrogen-bond acceptors (Lipinski definition) is 3. The number of hydrazone groups is 1. The van der Waals surface area contributed by atoms with Gasteiger partial charge in [-0.05, 0) is 17.5 Å². The summed E-state index contributed by atoms with van der Waals surface area (Å²) in [6.45, 7) is 0.797. The minimum Gasteiger partial charge on any atom is -0.308 e. The van der Waals surface area contributed by atoms with Crippen molar-refractivity contribution in [1.29, 1.82) is 0 Å². The first-order valence-corrected chi connectivity index (χ1v) is 5.27. The fraction of sp³-hybridized carbons (Fsp3) is 0.167. The van der Waals surface area contributed by atoms with Crippen LogP contribution in [0.5, 0.6) is 0 Å². The maximum atomic E-state index is 11.9. The fourth-order valence-electron chi connectivity index (χ4n) is 1.99. The number of para-hydroxylation sites is 1. The molecule has 2 heterocycles. The molecule has 0 radical (unpaired) electrons. The van der Waals surface area contributed by atoms with Gasteiger partial charge in [-0.15, -0.1) is 0 Å². The zero-order valence-corrected chi connectivity index (χ0v) is 8.68. The molecule has 0 spiro atoms. The second-order valence-corrected chi connectivity index (χ2v) is 3.75. The lowest BCUT2D eigenvalue weighted by molar-refractivity contribution is 0.813. The number of benzene rings is 1. The van der Waals surface area contributed by atoms with Crippen molar-refractivity contribution in [2.75, 3.05) is 6.54 Å². The van der Waals surface area contributed by atoms with Crippen molar-refractivity contribution in [2.24, 2.45) is 5.10 Å². The van der Waals surface area contributed by atoms with Gasteiger partial charge in [0.2, 0.25) is 0 Å². The summed E-state index contributed by atoms with van der Waals surface area (Å²) >= 11 is 0. The third kappa shape index (κ3) is 1.31. The van der Waals surface area contributed by atoms with E-state index >= 15 is 0 Å². The van der Waals surface area contributed by atoms with Gasteiger partial charge in [0, 0.05) is 19.0 Å². The number of rotatable bonds is 0. The van der Waals surface area contributed by atoms with Crippen LogP contribution in [0.3, 0.4) is 0 Å². The van der Waals surface area contributed by atoms with Gasteiger partial charge in [-0.3, -0.25) is 9.36 Å². The molecule has 1 aliphatic rings. The Morgan fingerprint density at radius 2 is 2.06 bits per heavy atom.